The van der Waals surface area contributed by atoms with Crippen LogP contribution in [0.3, 0.4) is 0 Å². The molecule has 0 aliphatic carbocycles. The van der Waals surface area contributed by atoms with Gasteiger partial charge in [0.15, 0.2) is 5.78 Å². The summed E-state index contributed by atoms with van der Waals surface area (Å²) in [5.41, 5.74) is 3.33. The second-order valence-corrected chi connectivity index (χ2v) is 7.71. The topological polar surface area (TPSA) is 60.4 Å². The molecule has 1 rings (SSSR count). The van der Waals surface area contributed by atoms with Gasteiger partial charge in [-0.15, -0.1) is 0 Å². The molecule has 130 valence electrons. The zero-order chi connectivity index (χ0) is 17.6. The Morgan fingerprint density at radius 2 is 1.65 bits per heavy atom. The van der Waals surface area contributed by atoms with Crippen LogP contribution in [-0.4, -0.2) is 20.8 Å². The lowest BCUT2D eigenvalue weighted by molar-refractivity contribution is -0.121. The van der Waals surface area contributed by atoms with E-state index < -0.39 is 10.1 Å². The van der Waals surface area contributed by atoms with E-state index in [9.17, 15) is 13.2 Å². The smallest absolute Gasteiger partial charge is 0.297 e. The average molecular weight is 340 g/mol. The van der Waals surface area contributed by atoms with Crippen LogP contribution in [0.15, 0.2) is 11.0 Å². The van der Waals surface area contributed by atoms with Gasteiger partial charge in [-0.05, 0) is 56.4 Å². The molecular weight excluding hydrogens is 312 g/mol. The minimum absolute atomic E-state index is 0.163. The molecule has 0 heterocycles. The van der Waals surface area contributed by atoms with Crippen molar-refractivity contribution in [2.45, 2.75) is 71.6 Å². The van der Waals surface area contributed by atoms with Crippen LogP contribution in [0.2, 0.25) is 0 Å². The number of rotatable bonds is 9. The van der Waals surface area contributed by atoms with E-state index in [2.05, 4.69) is 6.92 Å². The molecule has 0 bridgehead atoms. The van der Waals surface area contributed by atoms with Crippen molar-refractivity contribution in [2.75, 3.05) is 6.61 Å². The van der Waals surface area contributed by atoms with E-state index in [0.29, 0.717) is 17.5 Å². The molecule has 4 nitrogen and oxygen atoms in total. The monoisotopic (exact) mass is 340 g/mol. The van der Waals surface area contributed by atoms with Crippen molar-refractivity contribution in [1.29, 1.82) is 0 Å². The molecule has 23 heavy (non-hydrogen) atoms. The first kappa shape index (κ1) is 19.8. The standard InChI is InChI=1S/C18H28O4S/c1-6-7-8-9-10-17(19)12-22-23(20,21)18-14(3)11-13(2)15(4)16(18)5/h11H,6-10,12H2,1-5H3. The molecule has 0 saturated carbocycles. The van der Waals surface area contributed by atoms with Crippen LogP contribution in [0.4, 0.5) is 0 Å². The molecule has 0 saturated heterocycles. The lowest BCUT2D eigenvalue weighted by Gasteiger charge is -2.15. The van der Waals surface area contributed by atoms with Crippen molar-refractivity contribution in [3.05, 3.63) is 28.3 Å². The summed E-state index contributed by atoms with van der Waals surface area (Å²) in [5.74, 6) is -0.163. The van der Waals surface area contributed by atoms with E-state index in [1.165, 1.54) is 0 Å². The zero-order valence-corrected chi connectivity index (χ0v) is 15.7. The molecule has 1 aromatic carbocycles. The van der Waals surface area contributed by atoms with Gasteiger partial charge >= 0.3 is 0 Å². The molecule has 0 N–H and O–H groups in total. The molecule has 0 aliphatic heterocycles. The van der Waals surface area contributed by atoms with Crippen LogP contribution in [0.25, 0.3) is 0 Å². The van der Waals surface area contributed by atoms with Crippen LogP contribution in [0, 0.1) is 27.7 Å². The molecule has 0 aliphatic rings. The van der Waals surface area contributed by atoms with Gasteiger partial charge in [0.05, 0.1) is 0 Å². The number of carbonyl (C=O) groups excluding carboxylic acids is 1. The lowest BCUT2D eigenvalue weighted by Crippen LogP contribution is -2.17. The third-order valence-corrected chi connectivity index (χ3v) is 5.78. The van der Waals surface area contributed by atoms with Crippen LogP contribution in [0.5, 0.6) is 0 Å². The molecule has 0 fully saturated rings. The Bertz CT molecular complexity index is 660. The lowest BCUT2D eigenvalue weighted by atomic mass is 10.0. The van der Waals surface area contributed by atoms with Gasteiger partial charge in [0.25, 0.3) is 10.1 Å². The van der Waals surface area contributed by atoms with Crippen molar-refractivity contribution in [2.24, 2.45) is 0 Å². The number of ketones is 1. The minimum Gasteiger partial charge on any atom is -0.297 e. The number of hydrogen-bond acceptors (Lipinski definition) is 4. The molecule has 5 heteroatoms. The molecule has 0 unspecified atom stereocenters. The number of hydrogen-bond donors (Lipinski definition) is 0. The third-order valence-electron chi connectivity index (χ3n) is 4.22. The highest BCUT2D eigenvalue weighted by molar-refractivity contribution is 7.86. The van der Waals surface area contributed by atoms with Crippen LogP contribution >= 0.6 is 0 Å². The minimum atomic E-state index is -3.91. The van der Waals surface area contributed by atoms with Gasteiger partial charge in [-0.3, -0.25) is 8.98 Å². The molecule has 0 atom stereocenters. The van der Waals surface area contributed by atoms with Gasteiger partial charge in [-0.1, -0.05) is 32.3 Å². The third kappa shape index (κ3) is 5.43. The second-order valence-electron chi connectivity index (χ2n) is 6.16. The summed E-state index contributed by atoms with van der Waals surface area (Å²) in [6, 6.07) is 1.84. The number of aryl methyl sites for hydroxylation is 2. The van der Waals surface area contributed by atoms with E-state index in [-0.39, 0.29) is 17.3 Å². The number of carbonyl (C=O) groups is 1. The predicted octanol–water partition coefficient (Wildman–Crippen LogP) is 4.17. The van der Waals surface area contributed by atoms with E-state index in [1.807, 2.05) is 19.9 Å². The average Bonchev–Trinajstić information content (AvgIpc) is 2.47. The highest BCUT2D eigenvalue weighted by atomic mass is 32.2. The molecule has 1 aromatic rings. The summed E-state index contributed by atoms with van der Waals surface area (Å²) in [7, 11) is -3.91. The maximum atomic E-state index is 12.4. The van der Waals surface area contributed by atoms with Gasteiger partial charge in [-0.25, -0.2) is 0 Å². The molecule has 0 amide bonds. The van der Waals surface area contributed by atoms with Crippen molar-refractivity contribution < 1.29 is 17.4 Å². The van der Waals surface area contributed by atoms with Gasteiger partial charge in [0, 0.05) is 6.42 Å². The first-order valence-corrected chi connectivity index (χ1v) is 9.60. The Balaban J connectivity index is 2.78. The molecule has 0 spiro atoms. The summed E-state index contributed by atoms with van der Waals surface area (Å²) < 4.78 is 29.9. The van der Waals surface area contributed by atoms with E-state index in [4.69, 9.17) is 4.18 Å². The summed E-state index contributed by atoms with van der Waals surface area (Å²) in [6.45, 7) is 9.10. The largest absolute Gasteiger partial charge is 0.297 e. The maximum Gasteiger partial charge on any atom is 0.297 e. The fourth-order valence-corrected chi connectivity index (χ4v) is 4.05. The number of benzene rings is 1. The fourth-order valence-electron chi connectivity index (χ4n) is 2.67. The van der Waals surface area contributed by atoms with Crippen molar-refractivity contribution in [3.8, 4) is 0 Å². The Morgan fingerprint density at radius 3 is 2.26 bits per heavy atom. The first-order chi connectivity index (χ1) is 10.7. The van der Waals surface area contributed by atoms with Gasteiger partial charge in [0.1, 0.15) is 11.5 Å². The van der Waals surface area contributed by atoms with Crippen LogP contribution < -0.4 is 0 Å². The summed E-state index contributed by atoms with van der Waals surface area (Å²) in [6.07, 6.45) is 4.35. The zero-order valence-electron chi connectivity index (χ0n) is 14.9. The first-order valence-electron chi connectivity index (χ1n) is 8.19. The Labute approximate surface area is 140 Å². The maximum absolute atomic E-state index is 12.4. The van der Waals surface area contributed by atoms with Crippen LogP contribution in [-0.2, 0) is 19.1 Å². The molecule has 0 aromatic heterocycles. The van der Waals surface area contributed by atoms with E-state index in [0.717, 1.165) is 36.8 Å². The van der Waals surface area contributed by atoms with Gasteiger partial charge < -0.3 is 0 Å². The second kappa shape index (κ2) is 8.60. The molecular formula is C18H28O4S. The van der Waals surface area contributed by atoms with Crippen molar-refractivity contribution in [1.82, 2.24) is 0 Å². The fraction of sp³-hybridized carbons (Fsp3) is 0.611. The van der Waals surface area contributed by atoms with Crippen LogP contribution in [0.1, 0.15) is 61.3 Å². The Hall–Kier alpha value is -1.20. The Kier molecular flexibility index (Phi) is 7.42. The van der Waals surface area contributed by atoms with Gasteiger partial charge in [0.2, 0.25) is 0 Å². The van der Waals surface area contributed by atoms with Crippen molar-refractivity contribution in [3.63, 3.8) is 0 Å². The summed E-state index contributed by atoms with van der Waals surface area (Å²) in [4.78, 5) is 12.0. The van der Waals surface area contributed by atoms with Gasteiger partial charge in [-0.2, -0.15) is 8.42 Å². The normalized spacial score (nSPS) is 11.7. The summed E-state index contributed by atoms with van der Waals surface area (Å²) in [5, 5.41) is 0. The highest BCUT2D eigenvalue weighted by Crippen LogP contribution is 2.27. The van der Waals surface area contributed by atoms with E-state index in [1.54, 1.807) is 13.8 Å². The number of Topliss-reactive ketones (excluding diaryl/α,β-unsaturated/α-hetero) is 1. The number of unbranched alkanes of at least 4 members (excludes halogenated alkanes) is 3. The highest BCUT2D eigenvalue weighted by Gasteiger charge is 2.23. The van der Waals surface area contributed by atoms with Crippen molar-refractivity contribution >= 4 is 15.9 Å². The SMILES string of the molecule is CCCCCCC(=O)COS(=O)(=O)c1c(C)cc(C)c(C)c1C. The summed E-state index contributed by atoms with van der Waals surface area (Å²) >= 11 is 0. The van der Waals surface area contributed by atoms with E-state index >= 15 is 0 Å². The molecule has 0 radical (unpaired) electrons. The Morgan fingerprint density at radius 1 is 1.00 bits per heavy atom. The quantitative estimate of drug-likeness (QED) is 0.500. The predicted molar refractivity (Wildman–Crippen MR) is 92.3 cm³/mol.